The van der Waals surface area contributed by atoms with E-state index in [0.717, 1.165) is 0 Å². The number of nitrogens with one attached hydrogen (secondary N) is 1. The Morgan fingerprint density at radius 3 is 2.77 bits per heavy atom. The van der Waals surface area contributed by atoms with Crippen molar-refractivity contribution < 1.29 is 13.2 Å². The summed E-state index contributed by atoms with van der Waals surface area (Å²) < 4.78 is 23.3. The maximum Gasteiger partial charge on any atom is 0.233 e. The molecule has 0 spiro atoms. The predicted molar refractivity (Wildman–Crippen MR) is 85.1 cm³/mol. The molecule has 124 valence electrons. The molecule has 1 atom stereocenters. The van der Waals surface area contributed by atoms with E-state index in [9.17, 15) is 13.2 Å². The number of nitrogen functional groups attached to an aromatic ring is 1. The molecule has 1 aliphatic heterocycles. The molecule has 0 radical (unpaired) electrons. The van der Waals surface area contributed by atoms with E-state index in [1.807, 2.05) is 13.8 Å². The molecule has 2 rings (SSSR count). The van der Waals surface area contributed by atoms with Gasteiger partial charge in [0.05, 0.1) is 17.3 Å². The molecule has 1 aromatic heterocycles. The van der Waals surface area contributed by atoms with Crippen molar-refractivity contribution in [1.29, 1.82) is 0 Å². The minimum absolute atomic E-state index is 0.0593. The normalized spacial score (nSPS) is 20.4. The van der Waals surface area contributed by atoms with E-state index in [0.29, 0.717) is 18.1 Å². The highest BCUT2D eigenvalue weighted by Crippen LogP contribution is 2.21. The molecular weight excluding hydrogens is 326 g/mol. The SMILES string of the molecule is CC(C)CN(C(=O)CSc1n[nH]c(N)n1)C1CCS(=O)(=O)C1. The molecule has 1 amide bonds. The average Bonchev–Trinajstić information content (AvgIpc) is 2.98. The van der Waals surface area contributed by atoms with Crippen LogP contribution < -0.4 is 5.73 Å². The van der Waals surface area contributed by atoms with Crippen molar-refractivity contribution in [1.82, 2.24) is 20.1 Å². The number of aromatic nitrogens is 3. The van der Waals surface area contributed by atoms with Gasteiger partial charge in [0.1, 0.15) is 0 Å². The van der Waals surface area contributed by atoms with Crippen LogP contribution in [-0.2, 0) is 14.6 Å². The van der Waals surface area contributed by atoms with Crippen LogP contribution >= 0.6 is 11.8 Å². The Hall–Kier alpha value is -1.29. The number of amides is 1. The average molecular weight is 347 g/mol. The van der Waals surface area contributed by atoms with Crippen molar-refractivity contribution in [3.05, 3.63) is 0 Å². The summed E-state index contributed by atoms with van der Waals surface area (Å²) in [7, 11) is -3.02. The van der Waals surface area contributed by atoms with Gasteiger partial charge >= 0.3 is 0 Å². The van der Waals surface area contributed by atoms with E-state index >= 15 is 0 Å². The van der Waals surface area contributed by atoms with Crippen LogP contribution in [0.15, 0.2) is 5.16 Å². The quantitative estimate of drug-likeness (QED) is 0.702. The number of anilines is 1. The fraction of sp³-hybridized carbons (Fsp3) is 0.750. The van der Waals surface area contributed by atoms with Crippen LogP contribution in [0.25, 0.3) is 0 Å². The predicted octanol–water partition coefficient (Wildman–Crippen LogP) is 0.151. The summed E-state index contributed by atoms with van der Waals surface area (Å²) in [6, 6.07) is -0.224. The van der Waals surface area contributed by atoms with Crippen LogP contribution in [0.2, 0.25) is 0 Å². The van der Waals surface area contributed by atoms with Gasteiger partial charge in [0, 0.05) is 12.6 Å². The first-order valence-corrected chi connectivity index (χ1v) is 9.88. The van der Waals surface area contributed by atoms with Gasteiger partial charge in [-0.15, -0.1) is 5.10 Å². The van der Waals surface area contributed by atoms with Gasteiger partial charge in [-0.1, -0.05) is 25.6 Å². The lowest BCUT2D eigenvalue weighted by molar-refractivity contribution is -0.130. The Labute approximate surface area is 134 Å². The molecule has 8 nitrogen and oxygen atoms in total. The molecule has 0 aromatic carbocycles. The van der Waals surface area contributed by atoms with E-state index in [-0.39, 0.29) is 41.1 Å². The zero-order valence-electron chi connectivity index (χ0n) is 12.7. The summed E-state index contributed by atoms with van der Waals surface area (Å²) in [5, 5.41) is 6.79. The Morgan fingerprint density at radius 2 is 2.27 bits per heavy atom. The van der Waals surface area contributed by atoms with Gasteiger partial charge in [-0.3, -0.25) is 4.79 Å². The number of thioether (sulfide) groups is 1. The number of carbonyl (C=O) groups is 1. The number of H-pyrrole nitrogens is 1. The third-order valence-corrected chi connectivity index (χ3v) is 5.92. The summed E-state index contributed by atoms with van der Waals surface area (Å²) in [6.07, 6.45) is 0.513. The molecule has 1 saturated heterocycles. The number of nitrogens with zero attached hydrogens (tertiary/aromatic N) is 3. The van der Waals surface area contributed by atoms with Crippen LogP contribution in [0.1, 0.15) is 20.3 Å². The first-order valence-electron chi connectivity index (χ1n) is 7.07. The third kappa shape index (κ3) is 4.60. The second kappa shape index (κ2) is 6.86. The third-order valence-electron chi connectivity index (χ3n) is 3.34. The maximum absolute atomic E-state index is 12.5. The molecule has 0 aliphatic carbocycles. The fourth-order valence-corrected chi connectivity index (χ4v) is 4.82. The zero-order chi connectivity index (χ0) is 16.3. The van der Waals surface area contributed by atoms with E-state index in [2.05, 4.69) is 15.2 Å². The van der Waals surface area contributed by atoms with Crippen molar-refractivity contribution in [2.24, 2.45) is 5.92 Å². The van der Waals surface area contributed by atoms with E-state index in [4.69, 9.17) is 5.73 Å². The molecular formula is C12H21N5O3S2. The molecule has 0 saturated carbocycles. The summed E-state index contributed by atoms with van der Waals surface area (Å²) in [6.45, 7) is 4.56. The standard InChI is InChI=1S/C12H21N5O3S2/c1-8(2)5-17(9-3-4-22(19,20)7-9)10(18)6-21-12-14-11(13)15-16-12/h8-9H,3-7H2,1-2H3,(H3,13,14,15,16). The monoisotopic (exact) mass is 347 g/mol. The van der Waals surface area contributed by atoms with Gasteiger partial charge in [-0.05, 0) is 12.3 Å². The zero-order valence-corrected chi connectivity index (χ0v) is 14.3. The molecule has 1 aliphatic rings. The Morgan fingerprint density at radius 1 is 1.55 bits per heavy atom. The lowest BCUT2D eigenvalue weighted by Gasteiger charge is -2.29. The highest BCUT2D eigenvalue weighted by Gasteiger charge is 2.34. The van der Waals surface area contributed by atoms with Crippen molar-refractivity contribution in [3.63, 3.8) is 0 Å². The minimum Gasteiger partial charge on any atom is -0.368 e. The molecule has 1 fully saturated rings. The number of carbonyl (C=O) groups excluding carboxylic acids is 1. The van der Waals surface area contributed by atoms with Crippen molar-refractivity contribution >= 4 is 33.5 Å². The summed E-state index contributed by atoms with van der Waals surface area (Å²) in [5.74, 6) is 0.769. The van der Waals surface area contributed by atoms with Crippen molar-refractivity contribution in [2.45, 2.75) is 31.5 Å². The molecule has 0 bridgehead atoms. The fourth-order valence-electron chi connectivity index (χ4n) is 2.40. The van der Waals surface area contributed by atoms with Crippen LogP contribution in [-0.4, -0.2) is 64.3 Å². The number of hydrogen-bond donors (Lipinski definition) is 2. The Balaban J connectivity index is 2.00. The Bertz CT molecular complexity index is 628. The minimum atomic E-state index is -3.02. The number of nitrogens with two attached hydrogens (primary N) is 1. The highest BCUT2D eigenvalue weighted by molar-refractivity contribution is 7.99. The molecule has 3 N–H and O–H groups in total. The van der Waals surface area contributed by atoms with Gasteiger partial charge in [-0.2, -0.15) is 4.98 Å². The van der Waals surface area contributed by atoms with E-state index < -0.39 is 9.84 Å². The molecule has 10 heteroatoms. The van der Waals surface area contributed by atoms with Gasteiger partial charge in [0.25, 0.3) is 0 Å². The van der Waals surface area contributed by atoms with Crippen molar-refractivity contribution in [2.75, 3.05) is 29.5 Å². The number of sulfone groups is 1. The molecule has 2 heterocycles. The van der Waals surface area contributed by atoms with Crippen LogP contribution in [0.4, 0.5) is 5.95 Å². The summed E-state index contributed by atoms with van der Waals surface area (Å²) >= 11 is 1.19. The van der Waals surface area contributed by atoms with Gasteiger partial charge in [0.15, 0.2) is 9.84 Å². The van der Waals surface area contributed by atoms with Crippen LogP contribution in [0, 0.1) is 5.92 Å². The largest absolute Gasteiger partial charge is 0.368 e. The number of aromatic amines is 1. The van der Waals surface area contributed by atoms with Gasteiger partial charge < -0.3 is 10.6 Å². The molecule has 1 unspecified atom stereocenters. The first-order chi connectivity index (χ1) is 10.3. The second-order valence-corrected chi connectivity index (χ2v) is 8.96. The first kappa shape index (κ1) is 17.1. The number of hydrogen-bond acceptors (Lipinski definition) is 7. The van der Waals surface area contributed by atoms with Crippen molar-refractivity contribution in [3.8, 4) is 0 Å². The lowest BCUT2D eigenvalue weighted by Crippen LogP contribution is -2.44. The maximum atomic E-state index is 12.5. The van der Waals surface area contributed by atoms with E-state index in [1.165, 1.54) is 11.8 Å². The van der Waals surface area contributed by atoms with Crippen LogP contribution in [0.5, 0.6) is 0 Å². The topological polar surface area (TPSA) is 122 Å². The molecule has 22 heavy (non-hydrogen) atoms. The molecule has 1 aromatic rings. The van der Waals surface area contributed by atoms with E-state index in [1.54, 1.807) is 4.90 Å². The summed E-state index contributed by atoms with van der Waals surface area (Å²) in [4.78, 5) is 18.1. The van der Waals surface area contributed by atoms with Gasteiger partial charge in [0.2, 0.25) is 17.0 Å². The van der Waals surface area contributed by atoms with Gasteiger partial charge in [-0.25, -0.2) is 13.5 Å². The van der Waals surface area contributed by atoms with Crippen LogP contribution in [0.3, 0.4) is 0 Å². The second-order valence-electron chi connectivity index (χ2n) is 5.79. The smallest absolute Gasteiger partial charge is 0.233 e. The number of rotatable bonds is 6. The lowest BCUT2D eigenvalue weighted by atomic mass is 10.1. The Kier molecular flexibility index (Phi) is 5.32. The summed E-state index contributed by atoms with van der Waals surface area (Å²) in [5.41, 5.74) is 5.44. The highest BCUT2D eigenvalue weighted by atomic mass is 32.2.